The van der Waals surface area contributed by atoms with Gasteiger partial charge in [0.15, 0.2) is 5.96 Å². The lowest BCUT2D eigenvalue weighted by Crippen LogP contribution is -2.54. The Labute approximate surface area is 143 Å². The number of piperazine rings is 1. The fourth-order valence-corrected chi connectivity index (χ4v) is 3.18. The standard InChI is InChI=1S/C15H29N7S/c1-6-13-18-15(23-19-13)22-9-7-21(8-10-22)14(16-3)17-11-12(2)20(4)5/h12H,6-11H2,1-5H3,(H,16,17). The van der Waals surface area contributed by atoms with Gasteiger partial charge in [0.05, 0.1) is 0 Å². The molecule has 2 rings (SSSR count). The highest BCUT2D eigenvalue weighted by Gasteiger charge is 2.22. The van der Waals surface area contributed by atoms with Gasteiger partial charge in [0, 0.05) is 63.8 Å². The summed E-state index contributed by atoms with van der Waals surface area (Å²) in [6.07, 6.45) is 0.900. The van der Waals surface area contributed by atoms with Gasteiger partial charge in [-0.2, -0.15) is 4.37 Å². The lowest BCUT2D eigenvalue weighted by molar-refractivity contribution is 0.305. The highest BCUT2D eigenvalue weighted by molar-refractivity contribution is 7.09. The van der Waals surface area contributed by atoms with Gasteiger partial charge in [0.25, 0.3) is 0 Å². The molecule has 0 saturated carbocycles. The number of rotatable bonds is 5. The first-order valence-corrected chi connectivity index (χ1v) is 9.02. The maximum Gasteiger partial charge on any atom is 0.205 e. The Balaban J connectivity index is 1.84. The van der Waals surface area contributed by atoms with Crippen molar-refractivity contribution in [3.05, 3.63) is 5.82 Å². The summed E-state index contributed by atoms with van der Waals surface area (Å²) in [5.74, 6) is 1.94. The maximum atomic E-state index is 4.58. The molecule has 0 aliphatic carbocycles. The third-order valence-corrected chi connectivity index (χ3v) is 5.09. The molecular formula is C15H29N7S. The average molecular weight is 340 g/mol. The second kappa shape index (κ2) is 8.44. The van der Waals surface area contributed by atoms with Crippen LogP contribution >= 0.6 is 11.5 Å². The fourth-order valence-electron chi connectivity index (χ4n) is 2.38. The molecule has 0 spiro atoms. The molecule has 130 valence electrons. The first-order valence-electron chi connectivity index (χ1n) is 8.24. The van der Waals surface area contributed by atoms with E-state index < -0.39 is 0 Å². The third kappa shape index (κ3) is 4.78. The van der Waals surface area contributed by atoms with Crippen LogP contribution in [0.5, 0.6) is 0 Å². The van der Waals surface area contributed by atoms with Gasteiger partial charge in [0.2, 0.25) is 5.13 Å². The van der Waals surface area contributed by atoms with Crippen molar-refractivity contribution in [1.82, 2.24) is 24.5 Å². The molecule has 1 aliphatic rings. The van der Waals surface area contributed by atoms with Gasteiger partial charge >= 0.3 is 0 Å². The molecule has 0 aromatic carbocycles. The van der Waals surface area contributed by atoms with E-state index in [1.165, 1.54) is 11.5 Å². The molecule has 1 saturated heterocycles. The Kier molecular flexibility index (Phi) is 6.59. The zero-order chi connectivity index (χ0) is 16.8. The molecule has 0 amide bonds. The van der Waals surface area contributed by atoms with Crippen molar-refractivity contribution < 1.29 is 0 Å². The molecule has 1 atom stereocenters. The summed E-state index contributed by atoms with van der Waals surface area (Å²) in [4.78, 5) is 15.9. The Morgan fingerprint density at radius 2 is 2.04 bits per heavy atom. The highest BCUT2D eigenvalue weighted by Crippen LogP contribution is 2.19. The van der Waals surface area contributed by atoms with Crippen molar-refractivity contribution in [3.63, 3.8) is 0 Å². The minimum atomic E-state index is 0.474. The Bertz CT molecular complexity index is 506. The van der Waals surface area contributed by atoms with E-state index in [0.717, 1.165) is 56.1 Å². The zero-order valence-corrected chi connectivity index (χ0v) is 15.7. The van der Waals surface area contributed by atoms with E-state index >= 15 is 0 Å². The summed E-state index contributed by atoms with van der Waals surface area (Å²) in [6, 6.07) is 0.474. The molecule has 1 unspecified atom stereocenters. The second-order valence-corrected chi connectivity index (χ2v) is 6.79. The Morgan fingerprint density at radius 1 is 1.35 bits per heavy atom. The summed E-state index contributed by atoms with van der Waals surface area (Å²) in [5.41, 5.74) is 0. The smallest absolute Gasteiger partial charge is 0.205 e. The van der Waals surface area contributed by atoms with Crippen molar-refractivity contribution in [2.24, 2.45) is 4.99 Å². The van der Waals surface area contributed by atoms with Crippen LogP contribution in [-0.4, -0.2) is 85.0 Å². The van der Waals surface area contributed by atoms with Crippen LogP contribution in [0.3, 0.4) is 0 Å². The second-order valence-electron chi connectivity index (χ2n) is 6.06. The number of nitrogens with zero attached hydrogens (tertiary/aromatic N) is 6. The summed E-state index contributed by atoms with van der Waals surface area (Å²) in [6.45, 7) is 9.03. The summed E-state index contributed by atoms with van der Waals surface area (Å²) in [7, 11) is 6.05. The molecule has 1 aliphatic heterocycles. The number of aromatic nitrogens is 2. The van der Waals surface area contributed by atoms with E-state index in [2.05, 4.69) is 62.3 Å². The topological polar surface area (TPSA) is 59.9 Å². The average Bonchev–Trinajstić information content (AvgIpc) is 3.04. The van der Waals surface area contributed by atoms with Crippen LogP contribution in [0.25, 0.3) is 0 Å². The van der Waals surface area contributed by atoms with Gasteiger partial charge in [-0.05, 0) is 21.0 Å². The lowest BCUT2D eigenvalue weighted by atomic mass is 10.3. The number of likely N-dealkylation sites (N-methyl/N-ethyl adjacent to an activating group) is 1. The lowest BCUT2D eigenvalue weighted by Gasteiger charge is -2.36. The number of nitrogens with one attached hydrogen (secondary N) is 1. The predicted octanol–water partition coefficient (Wildman–Crippen LogP) is 0.748. The number of hydrogen-bond acceptors (Lipinski definition) is 6. The minimum absolute atomic E-state index is 0.474. The molecule has 1 N–H and O–H groups in total. The number of aryl methyl sites for hydroxylation is 1. The van der Waals surface area contributed by atoms with Crippen LogP contribution in [0.1, 0.15) is 19.7 Å². The quantitative estimate of drug-likeness (QED) is 0.631. The summed E-state index contributed by atoms with van der Waals surface area (Å²) >= 11 is 1.51. The van der Waals surface area contributed by atoms with Crippen LogP contribution in [0.15, 0.2) is 4.99 Å². The fraction of sp³-hybridized carbons (Fsp3) is 0.800. The monoisotopic (exact) mass is 339 g/mol. The number of aliphatic imine (C=N–C) groups is 1. The van der Waals surface area contributed by atoms with E-state index in [1.54, 1.807) is 0 Å². The molecule has 8 heteroatoms. The molecule has 0 bridgehead atoms. The van der Waals surface area contributed by atoms with E-state index in [4.69, 9.17) is 0 Å². The van der Waals surface area contributed by atoms with Gasteiger partial charge in [-0.15, -0.1) is 0 Å². The van der Waals surface area contributed by atoms with E-state index in [-0.39, 0.29) is 0 Å². The molecule has 1 aromatic heterocycles. The first kappa shape index (κ1) is 17.9. The zero-order valence-electron chi connectivity index (χ0n) is 14.9. The summed E-state index contributed by atoms with van der Waals surface area (Å²) < 4.78 is 4.38. The molecule has 2 heterocycles. The van der Waals surface area contributed by atoms with Crippen molar-refractivity contribution in [2.45, 2.75) is 26.3 Å². The maximum absolute atomic E-state index is 4.58. The molecule has 7 nitrogen and oxygen atoms in total. The van der Waals surface area contributed by atoms with Crippen LogP contribution in [0, 0.1) is 0 Å². The number of hydrogen-bond donors (Lipinski definition) is 1. The van der Waals surface area contributed by atoms with Crippen molar-refractivity contribution in [2.75, 3.05) is 58.8 Å². The largest absolute Gasteiger partial charge is 0.355 e. The van der Waals surface area contributed by atoms with Gasteiger partial charge in [-0.3, -0.25) is 4.99 Å². The van der Waals surface area contributed by atoms with Gasteiger partial charge in [0.1, 0.15) is 5.82 Å². The number of anilines is 1. The molecular weight excluding hydrogens is 310 g/mol. The summed E-state index contributed by atoms with van der Waals surface area (Å²) in [5, 5.41) is 4.53. The van der Waals surface area contributed by atoms with Crippen molar-refractivity contribution >= 4 is 22.6 Å². The van der Waals surface area contributed by atoms with Gasteiger partial charge in [-0.1, -0.05) is 6.92 Å². The highest BCUT2D eigenvalue weighted by atomic mass is 32.1. The van der Waals surface area contributed by atoms with Crippen LogP contribution in [-0.2, 0) is 6.42 Å². The SMILES string of the molecule is CCc1nsc(N2CCN(C(=NC)NCC(C)N(C)C)CC2)n1. The minimum Gasteiger partial charge on any atom is -0.355 e. The van der Waals surface area contributed by atoms with Gasteiger partial charge < -0.3 is 20.0 Å². The first-order chi connectivity index (χ1) is 11.0. The Hall–Kier alpha value is -1.41. The van der Waals surface area contributed by atoms with Crippen LogP contribution in [0.4, 0.5) is 5.13 Å². The van der Waals surface area contributed by atoms with Gasteiger partial charge in [-0.25, -0.2) is 4.98 Å². The third-order valence-electron chi connectivity index (χ3n) is 4.27. The van der Waals surface area contributed by atoms with Crippen LogP contribution < -0.4 is 10.2 Å². The predicted molar refractivity (Wildman–Crippen MR) is 97.6 cm³/mol. The van der Waals surface area contributed by atoms with Crippen molar-refractivity contribution in [3.8, 4) is 0 Å². The molecule has 1 fully saturated rings. The molecule has 23 heavy (non-hydrogen) atoms. The van der Waals surface area contributed by atoms with E-state index in [9.17, 15) is 0 Å². The van der Waals surface area contributed by atoms with Crippen molar-refractivity contribution in [1.29, 1.82) is 0 Å². The normalized spacial score (nSPS) is 17.7. The van der Waals surface area contributed by atoms with E-state index in [1.807, 2.05) is 7.05 Å². The van der Waals surface area contributed by atoms with E-state index in [0.29, 0.717) is 6.04 Å². The molecule has 0 radical (unpaired) electrons. The Morgan fingerprint density at radius 3 is 2.57 bits per heavy atom. The molecule has 1 aromatic rings. The number of guanidine groups is 1. The van der Waals surface area contributed by atoms with Crippen LogP contribution in [0.2, 0.25) is 0 Å².